The van der Waals surface area contributed by atoms with Crippen LogP contribution in [-0.2, 0) is 42.9 Å². The number of esters is 2. The standard InChI is InChI=1S/C17H24O2.C16H22O3.C2F6O5S2/c1-3-19-17(18)12-14-6-10-16(11-7-14)15-8-4-13(2)5-9-15;1-2-19-16(18)11-12-3-5-13(6-4-12)14-7-9-15(17)10-8-14;3-1(4,5)14(9,10)13-15(11,12)2(6,7)8/h4-5,8-9,14,16H,3,6-7,10-12H2,1-2H3;7-10,12-13,17H,2-6,11H2,1H3;. The van der Waals surface area contributed by atoms with Crippen LogP contribution in [0.4, 0.5) is 26.3 Å². The molecule has 0 amide bonds. The monoisotopic (exact) mass is 804 g/mol. The molecule has 0 saturated heterocycles. The fourth-order valence-corrected chi connectivity index (χ4v) is 7.65. The van der Waals surface area contributed by atoms with Crippen LogP contribution in [0.25, 0.3) is 0 Å². The number of phenols is 1. The fraction of sp³-hybridized carbons (Fsp3) is 0.600. The Hall–Kier alpha value is -3.38. The molecule has 2 aliphatic rings. The summed E-state index contributed by atoms with van der Waals surface area (Å²) in [4.78, 5) is 22.9. The first-order chi connectivity index (χ1) is 24.6. The van der Waals surface area contributed by atoms with Gasteiger partial charge in [0.25, 0.3) is 0 Å². The van der Waals surface area contributed by atoms with Crippen molar-refractivity contribution in [2.24, 2.45) is 11.8 Å². The molecule has 0 bridgehead atoms. The van der Waals surface area contributed by atoms with Crippen LogP contribution < -0.4 is 0 Å². The molecule has 0 aliphatic heterocycles. The lowest BCUT2D eigenvalue weighted by Gasteiger charge is -2.28. The van der Waals surface area contributed by atoms with Gasteiger partial charge in [-0.25, -0.2) is 0 Å². The van der Waals surface area contributed by atoms with Crippen LogP contribution in [0.2, 0.25) is 0 Å². The molecule has 53 heavy (non-hydrogen) atoms. The number of carbonyl (C=O) groups is 2. The smallest absolute Gasteiger partial charge is 0.508 e. The van der Waals surface area contributed by atoms with Gasteiger partial charge in [0.1, 0.15) is 5.75 Å². The van der Waals surface area contributed by atoms with E-state index in [9.17, 15) is 57.9 Å². The number of halogens is 6. The summed E-state index contributed by atoms with van der Waals surface area (Å²) in [5, 5.41) is 9.30. The molecule has 2 saturated carbocycles. The minimum Gasteiger partial charge on any atom is -0.508 e. The highest BCUT2D eigenvalue weighted by Crippen LogP contribution is 2.39. The number of ether oxygens (including phenoxy) is 2. The van der Waals surface area contributed by atoms with E-state index in [2.05, 4.69) is 31.2 Å². The minimum atomic E-state index is -6.85. The van der Waals surface area contributed by atoms with E-state index < -0.39 is 31.3 Å². The van der Waals surface area contributed by atoms with Crippen molar-refractivity contribution in [3.8, 4) is 5.75 Å². The first-order valence-electron chi connectivity index (χ1n) is 17.1. The van der Waals surface area contributed by atoms with E-state index >= 15 is 0 Å². The molecule has 0 unspecified atom stereocenters. The highest BCUT2D eigenvalue weighted by molar-refractivity contribution is 8.00. The predicted octanol–water partition coefficient (Wildman–Crippen LogP) is 8.54. The van der Waals surface area contributed by atoms with Crippen molar-refractivity contribution in [1.82, 2.24) is 0 Å². The molecule has 2 aliphatic carbocycles. The average molecular weight is 805 g/mol. The van der Waals surface area contributed by atoms with Gasteiger partial charge < -0.3 is 14.6 Å². The largest absolute Gasteiger partial charge is 0.524 e. The topological polar surface area (TPSA) is 150 Å². The number of hydrogen-bond acceptors (Lipinski definition) is 10. The Morgan fingerprint density at radius 2 is 0.943 bits per heavy atom. The zero-order valence-corrected chi connectivity index (χ0v) is 31.3. The number of rotatable bonds is 10. The summed E-state index contributed by atoms with van der Waals surface area (Å²) >= 11 is 0. The first kappa shape index (κ1) is 45.8. The summed E-state index contributed by atoms with van der Waals surface area (Å²) in [5.41, 5.74) is -8.44. The number of aryl methyl sites for hydroxylation is 1. The second-order valence-electron chi connectivity index (χ2n) is 12.8. The Labute approximate surface area is 306 Å². The Balaban J connectivity index is 0.000000278. The van der Waals surface area contributed by atoms with Crippen molar-refractivity contribution in [2.75, 3.05) is 13.2 Å². The first-order valence-corrected chi connectivity index (χ1v) is 19.9. The molecule has 0 radical (unpaired) electrons. The van der Waals surface area contributed by atoms with Crippen molar-refractivity contribution < 1.29 is 71.0 Å². The molecular weight excluding hydrogens is 758 g/mol. The van der Waals surface area contributed by atoms with Gasteiger partial charge in [0.15, 0.2) is 0 Å². The zero-order valence-electron chi connectivity index (χ0n) is 29.6. The number of aromatic hydroxyl groups is 1. The molecule has 2 aromatic rings. The number of benzene rings is 2. The van der Waals surface area contributed by atoms with E-state index in [0.717, 1.165) is 38.5 Å². The van der Waals surface area contributed by atoms with Crippen LogP contribution >= 0.6 is 0 Å². The Kier molecular flexibility index (Phi) is 17.6. The van der Waals surface area contributed by atoms with Crippen LogP contribution in [0.15, 0.2) is 48.5 Å². The summed E-state index contributed by atoms with van der Waals surface area (Å²) in [6, 6.07) is 16.4. The summed E-state index contributed by atoms with van der Waals surface area (Å²) in [6.45, 7) is 6.81. The highest BCUT2D eigenvalue weighted by atomic mass is 32.3. The van der Waals surface area contributed by atoms with Gasteiger partial charge in [-0.1, -0.05) is 42.0 Å². The number of alkyl halides is 6. The molecule has 10 nitrogen and oxygen atoms in total. The molecular formula is C35H46F6O10S2. The fourth-order valence-electron chi connectivity index (χ4n) is 6.09. The van der Waals surface area contributed by atoms with Crippen molar-refractivity contribution in [3.63, 3.8) is 0 Å². The lowest BCUT2D eigenvalue weighted by Crippen LogP contribution is -2.34. The third-order valence-corrected chi connectivity index (χ3v) is 11.4. The number of carbonyl (C=O) groups excluding carboxylic acids is 2. The van der Waals surface area contributed by atoms with Crippen molar-refractivity contribution in [1.29, 1.82) is 0 Å². The second kappa shape index (κ2) is 20.3. The van der Waals surface area contributed by atoms with Gasteiger partial charge in [-0.2, -0.15) is 43.2 Å². The van der Waals surface area contributed by atoms with Gasteiger partial charge in [-0.15, -0.1) is 3.63 Å². The molecule has 2 fully saturated rings. The molecule has 0 atom stereocenters. The van der Waals surface area contributed by atoms with Gasteiger partial charge in [-0.3, -0.25) is 9.59 Å². The van der Waals surface area contributed by atoms with Gasteiger partial charge >= 0.3 is 43.2 Å². The van der Waals surface area contributed by atoms with Crippen molar-refractivity contribution in [2.45, 2.75) is 108 Å². The van der Waals surface area contributed by atoms with Crippen LogP contribution in [0, 0.1) is 18.8 Å². The maximum Gasteiger partial charge on any atom is 0.524 e. The van der Waals surface area contributed by atoms with Crippen LogP contribution in [0.3, 0.4) is 0 Å². The minimum absolute atomic E-state index is 0.0266. The van der Waals surface area contributed by atoms with E-state index in [0.29, 0.717) is 55.5 Å². The van der Waals surface area contributed by atoms with Gasteiger partial charge in [0.2, 0.25) is 0 Å². The Morgan fingerprint density at radius 1 is 0.623 bits per heavy atom. The third kappa shape index (κ3) is 15.5. The molecule has 18 heteroatoms. The molecule has 0 aromatic heterocycles. The van der Waals surface area contributed by atoms with Crippen LogP contribution in [0.5, 0.6) is 5.75 Å². The average Bonchev–Trinajstić information content (AvgIpc) is 3.06. The number of hydrogen-bond donors (Lipinski definition) is 1. The van der Waals surface area contributed by atoms with Gasteiger partial charge in [0.05, 0.1) is 13.2 Å². The SMILES string of the molecule is CCOC(=O)CC1CCC(c2ccc(C)cc2)CC1.CCOC(=O)CC1CCC(c2ccc(O)cc2)CC1.O=S(=O)(OS(=O)(=O)C(F)(F)F)C(F)(F)F. The van der Waals surface area contributed by atoms with Crippen molar-refractivity contribution >= 4 is 32.2 Å². The normalized spacial score (nSPS) is 20.8. The highest BCUT2D eigenvalue weighted by Gasteiger charge is 2.57. The molecule has 0 spiro atoms. The maximum absolute atomic E-state index is 11.5. The Morgan fingerprint density at radius 3 is 1.25 bits per heavy atom. The lowest BCUT2D eigenvalue weighted by molar-refractivity contribution is -0.145. The van der Waals surface area contributed by atoms with Crippen molar-refractivity contribution in [3.05, 3.63) is 65.2 Å². The molecule has 4 rings (SSSR count). The van der Waals surface area contributed by atoms with Crippen LogP contribution in [0.1, 0.15) is 107 Å². The maximum atomic E-state index is 11.5. The van der Waals surface area contributed by atoms with E-state index in [1.54, 1.807) is 12.1 Å². The van der Waals surface area contributed by atoms with E-state index in [1.165, 1.54) is 29.5 Å². The Bertz CT molecular complexity index is 1520. The summed E-state index contributed by atoms with van der Waals surface area (Å²) in [6.07, 6.45) is 10.3. The summed E-state index contributed by atoms with van der Waals surface area (Å²) in [7, 11) is -13.7. The summed E-state index contributed by atoms with van der Waals surface area (Å²) < 4.78 is 120. The molecule has 2 aromatic carbocycles. The molecule has 1 N–H and O–H groups in total. The second-order valence-corrected chi connectivity index (χ2v) is 16.1. The third-order valence-electron chi connectivity index (χ3n) is 8.87. The predicted molar refractivity (Wildman–Crippen MR) is 182 cm³/mol. The van der Waals surface area contributed by atoms with E-state index in [-0.39, 0.29) is 11.9 Å². The number of phenolic OH excluding ortho intramolecular Hbond substituents is 1. The zero-order chi connectivity index (χ0) is 40.0. The lowest BCUT2D eigenvalue weighted by atomic mass is 9.77. The van der Waals surface area contributed by atoms with E-state index in [4.69, 9.17) is 9.47 Å². The van der Waals surface area contributed by atoms with Gasteiger partial charge in [0, 0.05) is 12.8 Å². The molecule has 300 valence electrons. The molecule has 0 heterocycles. The summed E-state index contributed by atoms with van der Waals surface area (Å²) in [5.74, 6) is 2.49. The van der Waals surface area contributed by atoms with Crippen LogP contribution in [-0.4, -0.2) is 58.1 Å². The van der Waals surface area contributed by atoms with E-state index in [1.807, 2.05) is 29.6 Å². The quantitative estimate of drug-likeness (QED) is 0.141. The van der Waals surface area contributed by atoms with Gasteiger partial charge in [-0.05, 0) is 119 Å².